The highest BCUT2D eigenvalue weighted by Gasteiger charge is 2.30. The number of hydrogen-bond acceptors (Lipinski definition) is 6. The van der Waals surface area contributed by atoms with Gasteiger partial charge in [0.25, 0.3) is 0 Å². The molecule has 1 aliphatic rings. The second kappa shape index (κ2) is 6.80. The average molecular weight is 338 g/mol. The third-order valence-electron chi connectivity index (χ3n) is 4.71. The molecule has 1 aliphatic heterocycles. The Morgan fingerprint density at radius 1 is 1.16 bits per heavy atom. The van der Waals surface area contributed by atoms with Crippen LogP contribution in [0, 0.1) is 0 Å². The van der Waals surface area contributed by atoms with Gasteiger partial charge in [-0.15, -0.1) is 0 Å². The fraction of sp³-hybridized carbons (Fsp3) is 0.421. The summed E-state index contributed by atoms with van der Waals surface area (Å²) in [4.78, 5) is 6.42. The maximum absolute atomic E-state index is 5.55. The first kappa shape index (κ1) is 16.0. The molecule has 3 aromatic heterocycles. The van der Waals surface area contributed by atoms with Crippen molar-refractivity contribution in [3.8, 4) is 11.3 Å². The van der Waals surface area contributed by atoms with Crippen molar-refractivity contribution in [1.82, 2.24) is 20.2 Å². The molecule has 4 heterocycles. The second-order valence-corrected chi connectivity index (χ2v) is 6.85. The van der Waals surface area contributed by atoms with Gasteiger partial charge in [-0.1, -0.05) is 24.2 Å². The largest absolute Gasteiger partial charge is 0.361 e. The van der Waals surface area contributed by atoms with E-state index in [0.717, 1.165) is 54.4 Å². The summed E-state index contributed by atoms with van der Waals surface area (Å²) in [6.45, 7) is 5.99. The van der Waals surface area contributed by atoms with Crippen molar-refractivity contribution < 1.29 is 9.05 Å². The third kappa shape index (κ3) is 3.35. The number of aromatic nitrogens is 3. The van der Waals surface area contributed by atoms with E-state index >= 15 is 0 Å². The Kier molecular flexibility index (Phi) is 4.36. The van der Waals surface area contributed by atoms with Gasteiger partial charge in [-0.25, -0.2) is 0 Å². The summed E-state index contributed by atoms with van der Waals surface area (Å²) in [5, 5.41) is 8.48. The fourth-order valence-electron chi connectivity index (χ4n) is 3.33. The summed E-state index contributed by atoms with van der Waals surface area (Å²) in [6, 6.07) is 8.25. The van der Waals surface area contributed by atoms with Crippen molar-refractivity contribution in [2.24, 2.45) is 0 Å². The molecule has 3 aromatic rings. The Labute approximate surface area is 146 Å². The average Bonchev–Trinajstić information content (AvgIpc) is 3.36. The Hall–Kier alpha value is -2.47. The minimum atomic E-state index is 0.283. The van der Waals surface area contributed by atoms with Crippen LogP contribution in [-0.4, -0.2) is 26.7 Å². The number of nitrogens with zero attached hydrogens (tertiary/aromatic N) is 4. The van der Waals surface area contributed by atoms with E-state index in [0.29, 0.717) is 5.92 Å². The van der Waals surface area contributed by atoms with Crippen LogP contribution >= 0.6 is 0 Å². The van der Waals surface area contributed by atoms with E-state index in [9.17, 15) is 0 Å². The van der Waals surface area contributed by atoms with E-state index < -0.39 is 0 Å². The topological polar surface area (TPSA) is 68.2 Å². The van der Waals surface area contributed by atoms with Gasteiger partial charge in [0, 0.05) is 36.0 Å². The Balaban J connectivity index is 1.49. The van der Waals surface area contributed by atoms with E-state index in [4.69, 9.17) is 9.05 Å². The van der Waals surface area contributed by atoms with Crippen LogP contribution in [0.2, 0.25) is 0 Å². The quantitative estimate of drug-likeness (QED) is 0.695. The van der Waals surface area contributed by atoms with Gasteiger partial charge in [0.05, 0.1) is 12.6 Å². The Morgan fingerprint density at radius 2 is 2.00 bits per heavy atom. The first-order valence-electron chi connectivity index (χ1n) is 8.77. The SMILES string of the molecule is CC(C)c1cc([C@@H]2CCCN2Cc2cc(-c3ccncc3)no2)no1. The highest BCUT2D eigenvalue weighted by Crippen LogP contribution is 2.34. The first-order chi connectivity index (χ1) is 12.2. The molecule has 0 bridgehead atoms. The molecule has 0 aliphatic carbocycles. The molecule has 1 fully saturated rings. The molecule has 0 radical (unpaired) electrons. The van der Waals surface area contributed by atoms with E-state index in [1.807, 2.05) is 18.2 Å². The van der Waals surface area contributed by atoms with Crippen molar-refractivity contribution in [2.45, 2.75) is 45.2 Å². The smallest absolute Gasteiger partial charge is 0.151 e. The van der Waals surface area contributed by atoms with Crippen molar-refractivity contribution >= 4 is 0 Å². The molecular formula is C19H22N4O2. The zero-order chi connectivity index (χ0) is 17.2. The molecular weight excluding hydrogens is 316 g/mol. The van der Waals surface area contributed by atoms with Crippen molar-refractivity contribution in [3.05, 3.63) is 53.9 Å². The molecule has 0 spiro atoms. The summed E-state index contributed by atoms with van der Waals surface area (Å²) in [7, 11) is 0. The molecule has 0 aromatic carbocycles. The zero-order valence-electron chi connectivity index (χ0n) is 14.6. The number of rotatable bonds is 5. The number of pyridine rings is 1. The summed E-state index contributed by atoms with van der Waals surface area (Å²) < 4.78 is 11.0. The standard InChI is InChI=1S/C19H22N4O2/c1-13(2)19-11-17(22-25-19)18-4-3-9-23(18)12-15-10-16(21-24-15)14-5-7-20-8-6-14/h5-8,10-11,13,18H,3-4,9,12H2,1-2H3/t18-/m0/s1. The Morgan fingerprint density at radius 3 is 2.76 bits per heavy atom. The molecule has 130 valence electrons. The fourth-order valence-corrected chi connectivity index (χ4v) is 3.33. The lowest BCUT2D eigenvalue weighted by atomic mass is 10.1. The maximum atomic E-state index is 5.55. The molecule has 1 saturated heterocycles. The van der Waals surface area contributed by atoms with E-state index in [2.05, 4.69) is 40.1 Å². The van der Waals surface area contributed by atoms with Gasteiger partial charge >= 0.3 is 0 Å². The van der Waals surface area contributed by atoms with Gasteiger partial charge in [-0.05, 0) is 31.5 Å². The van der Waals surface area contributed by atoms with Crippen molar-refractivity contribution in [1.29, 1.82) is 0 Å². The predicted octanol–water partition coefficient (Wildman–Crippen LogP) is 4.19. The van der Waals surface area contributed by atoms with Gasteiger partial charge in [0.1, 0.15) is 17.1 Å². The van der Waals surface area contributed by atoms with Gasteiger partial charge in [-0.2, -0.15) is 0 Å². The lowest BCUT2D eigenvalue weighted by Gasteiger charge is -2.20. The number of likely N-dealkylation sites (tertiary alicyclic amines) is 1. The van der Waals surface area contributed by atoms with Crippen LogP contribution in [0.4, 0.5) is 0 Å². The molecule has 25 heavy (non-hydrogen) atoms. The maximum Gasteiger partial charge on any atom is 0.151 e. The van der Waals surface area contributed by atoms with E-state index in [-0.39, 0.29) is 6.04 Å². The van der Waals surface area contributed by atoms with Gasteiger partial charge in [0.15, 0.2) is 5.76 Å². The van der Waals surface area contributed by atoms with E-state index in [1.165, 1.54) is 0 Å². The van der Waals surface area contributed by atoms with Crippen molar-refractivity contribution in [3.63, 3.8) is 0 Å². The summed E-state index contributed by atoms with van der Waals surface area (Å²) in [6.07, 6.45) is 5.77. The van der Waals surface area contributed by atoms with Gasteiger partial charge in [0.2, 0.25) is 0 Å². The molecule has 4 rings (SSSR count). The highest BCUT2D eigenvalue weighted by atomic mass is 16.5. The van der Waals surface area contributed by atoms with Gasteiger partial charge < -0.3 is 9.05 Å². The normalized spacial score (nSPS) is 18.3. The molecule has 6 nitrogen and oxygen atoms in total. The summed E-state index contributed by atoms with van der Waals surface area (Å²) >= 11 is 0. The lowest BCUT2D eigenvalue weighted by molar-refractivity contribution is 0.209. The van der Waals surface area contributed by atoms with Crippen LogP contribution in [0.3, 0.4) is 0 Å². The molecule has 0 unspecified atom stereocenters. The first-order valence-corrected chi connectivity index (χ1v) is 8.77. The molecule has 1 atom stereocenters. The number of hydrogen-bond donors (Lipinski definition) is 0. The third-order valence-corrected chi connectivity index (χ3v) is 4.71. The minimum absolute atomic E-state index is 0.283. The second-order valence-electron chi connectivity index (χ2n) is 6.85. The van der Waals surface area contributed by atoms with Crippen LogP contribution < -0.4 is 0 Å². The van der Waals surface area contributed by atoms with Crippen LogP contribution in [0.1, 0.15) is 55.9 Å². The Bertz CT molecular complexity index is 825. The predicted molar refractivity (Wildman–Crippen MR) is 92.7 cm³/mol. The lowest BCUT2D eigenvalue weighted by Crippen LogP contribution is -2.22. The van der Waals surface area contributed by atoms with Crippen molar-refractivity contribution in [2.75, 3.05) is 6.54 Å². The van der Waals surface area contributed by atoms with Crippen LogP contribution in [-0.2, 0) is 6.54 Å². The zero-order valence-corrected chi connectivity index (χ0v) is 14.6. The summed E-state index contributed by atoms with van der Waals surface area (Å²) in [5.74, 6) is 2.17. The van der Waals surface area contributed by atoms with Gasteiger partial charge in [-0.3, -0.25) is 9.88 Å². The van der Waals surface area contributed by atoms with Crippen LogP contribution in [0.15, 0.2) is 45.7 Å². The van der Waals surface area contributed by atoms with Crippen LogP contribution in [0.25, 0.3) is 11.3 Å². The molecule has 0 N–H and O–H groups in total. The van der Waals surface area contributed by atoms with E-state index in [1.54, 1.807) is 12.4 Å². The minimum Gasteiger partial charge on any atom is -0.361 e. The molecule has 0 saturated carbocycles. The molecule has 0 amide bonds. The highest BCUT2D eigenvalue weighted by molar-refractivity contribution is 5.57. The summed E-state index contributed by atoms with van der Waals surface area (Å²) in [5.41, 5.74) is 2.88. The van der Waals surface area contributed by atoms with Crippen LogP contribution in [0.5, 0.6) is 0 Å². The monoisotopic (exact) mass is 338 g/mol. The molecule has 6 heteroatoms.